The fourth-order valence-corrected chi connectivity index (χ4v) is 3.20. The maximum Gasteiger partial charge on any atom is 0.222 e. The smallest absolute Gasteiger partial charge is 0.222 e. The lowest BCUT2D eigenvalue weighted by Gasteiger charge is -2.43. The Labute approximate surface area is 112 Å². The van der Waals surface area contributed by atoms with Gasteiger partial charge in [0.2, 0.25) is 5.91 Å². The second-order valence-corrected chi connectivity index (χ2v) is 5.47. The number of nitrogens with zero attached hydrogens (tertiary/aromatic N) is 4. The molecule has 2 fully saturated rings. The number of hydrogen-bond donors (Lipinski definition) is 1. The monoisotopic (exact) mass is 261 g/mol. The number of carbonyl (C=O) groups is 1. The van der Waals surface area contributed by atoms with E-state index in [1.54, 1.807) is 12.4 Å². The molecule has 1 aromatic rings. The van der Waals surface area contributed by atoms with Crippen molar-refractivity contribution < 1.29 is 4.79 Å². The van der Waals surface area contributed by atoms with Crippen LogP contribution in [0, 0.1) is 0 Å². The highest BCUT2D eigenvalue weighted by molar-refractivity contribution is 5.79. The molecule has 0 saturated carbocycles. The van der Waals surface area contributed by atoms with Gasteiger partial charge in [-0.3, -0.25) is 9.78 Å². The molecule has 0 atom stereocenters. The molecule has 0 aliphatic carbocycles. The van der Waals surface area contributed by atoms with E-state index in [-0.39, 0.29) is 11.4 Å². The SMILES string of the molecule is CN1C(=O)CCC12CCN(c1cncc(N)n1)CC2. The number of hydrogen-bond acceptors (Lipinski definition) is 5. The molecule has 102 valence electrons. The van der Waals surface area contributed by atoms with Gasteiger partial charge in [-0.25, -0.2) is 4.98 Å². The summed E-state index contributed by atoms with van der Waals surface area (Å²) in [6.07, 6.45) is 6.96. The van der Waals surface area contributed by atoms with Gasteiger partial charge in [-0.15, -0.1) is 0 Å². The first-order valence-corrected chi connectivity index (χ1v) is 6.70. The summed E-state index contributed by atoms with van der Waals surface area (Å²) in [5.74, 6) is 1.56. The predicted molar refractivity (Wildman–Crippen MR) is 72.6 cm³/mol. The highest BCUT2D eigenvalue weighted by atomic mass is 16.2. The number of anilines is 2. The lowest BCUT2D eigenvalue weighted by Crippen LogP contribution is -2.51. The standard InChI is InChI=1S/C13H19N5O/c1-17-12(19)2-3-13(17)4-6-18(7-5-13)11-9-15-8-10(14)16-11/h8-9H,2-7H2,1H3,(H2,14,16). The van der Waals surface area contributed by atoms with Crippen LogP contribution in [0.5, 0.6) is 0 Å². The first-order valence-electron chi connectivity index (χ1n) is 6.70. The van der Waals surface area contributed by atoms with E-state index >= 15 is 0 Å². The van der Waals surface area contributed by atoms with Crippen molar-refractivity contribution in [2.45, 2.75) is 31.2 Å². The predicted octanol–water partition coefficient (Wildman–Crippen LogP) is 0.650. The van der Waals surface area contributed by atoms with Crippen LogP contribution in [0.15, 0.2) is 12.4 Å². The molecule has 0 unspecified atom stereocenters. The molecule has 1 aromatic heterocycles. The number of piperidine rings is 1. The van der Waals surface area contributed by atoms with Gasteiger partial charge in [0, 0.05) is 32.1 Å². The highest BCUT2D eigenvalue weighted by Crippen LogP contribution is 2.38. The summed E-state index contributed by atoms with van der Waals surface area (Å²) >= 11 is 0. The van der Waals surface area contributed by atoms with Gasteiger partial charge in [0.25, 0.3) is 0 Å². The lowest BCUT2D eigenvalue weighted by molar-refractivity contribution is -0.130. The van der Waals surface area contributed by atoms with Crippen LogP contribution < -0.4 is 10.6 Å². The Balaban J connectivity index is 1.71. The molecular weight excluding hydrogens is 242 g/mol. The fraction of sp³-hybridized carbons (Fsp3) is 0.615. The summed E-state index contributed by atoms with van der Waals surface area (Å²) in [6.45, 7) is 1.80. The van der Waals surface area contributed by atoms with E-state index in [2.05, 4.69) is 14.9 Å². The molecule has 2 aliphatic rings. The Morgan fingerprint density at radius 1 is 1.26 bits per heavy atom. The van der Waals surface area contributed by atoms with Crippen LogP contribution in [-0.4, -0.2) is 46.5 Å². The molecule has 0 radical (unpaired) electrons. The van der Waals surface area contributed by atoms with Crippen LogP contribution in [0.2, 0.25) is 0 Å². The second-order valence-electron chi connectivity index (χ2n) is 5.47. The zero-order chi connectivity index (χ0) is 13.5. The van der Waals surface area contributed by atoms with Crippen molar-refractivity contribution in [2.75, 3.05) is 30.8 Å². The maximum atomic E-state index is 11.7. The summed E-state index contributed by atoms with van der Waals surface area (Å²) in [5, 5.41) is 0. The van der Waals surface area contributed by atoms with Gasteiger partial charge in [0.15, 0.2) is 0 Å². The number of aromatic nitrogens is 2. The van der Waals surface area contributed by atoms with Crippen molar-refractivity contribution in [1.82, 2.24) is 14.9 Å². The van der Waals surface area contributed by atoms with E-state index in [9.17, 15) is 4.79 Å². The second kappa shape index (κ2) is 4.36. The van der Waals surface area contributed by atoms with E-state index in [0.717, 1.165) is 38.2 Å². The number of nitrogen functional groups attached to an aromatic ring is 1. The minimum absolute atomic E-state index is 0.0708. The molecule has 1 amide bonds. The molecule has 2 N–H and O–H groups in total. The van der Waals surface area contributed by atoms with Crippen molar-refractivity contribution in [3.05, 3.63) is 12.4 Å². The molecule has 6 heteroatoms. The normalized spacial score (nSPS) is 22.3. The third kappa shape index (κ3) is 2.01. The van der Waals surface area contributed by atoms with E-state index in [4.69, 9.17) is 5.73 Å². The Morgan fingerprint density at radius 3 is 2.58 bits per heavy atom. The summed E-state index contributed by atoms with van der Waals surface area (Å²) in [7, 11) is 1.94. The van der Waals surface area contributed by atoms with Crippen LogP contribution in [0.4, 0.5) is 11.6 Å². The Hall–Kier alpha value is -1.85. The Kier molecular flexibility index (Phi) is 2.80. The van der Waals surface area contributed by atoms with Crippen molar-refractivity contribution in [2.24, 2.45) is 0 Å². The minimum atomic E-state index is 0.0708. The van der Waals surface area contributed by atoms with E-state index in [1.165, 1.54) is 0 Å². The average molecular weight is 261 g/mol. The Morgan fingerprint density at radius 2 is 2.00 bits per heavy atom. The van der Waals surface area contributed by atoms with E-state index in [0.29, 0.717) is 12.2 Å². The number of carbonyl (C=O) groups excluding carboxylic acids is 1. The Bertz CT molecular complexity index is 496. The van der Waals surface area contributed by atoms with Crippen LogP contribution >= 0.6 is 0 Å². The molecule has 3 heterocycles. The van der Waals surface area contributed by atoms with Crippen LogP contribution in [-0.2, 0) is 4.79 Å². The number of likely N-dealkylation sites (tertiary alicyclic amines) is 1. The average Bonchev–Trinajstić information content (AvgIpc) is 2.69. The summed E-state index contributed by atoms with van der Waals surface area (Å²) < 4.78 is 0. The minimum Gasteiger partial charge on any atom is -0.382 e. The molecule has 2 aliphatic heterocycles. The quantitative estimate of drug-likeness (QED) is 0.803. The lowest BCUT2D eigenvalue weighted by atomic mass is 9.85. The molecule has 19 heavy (non-hydrogen) atoms. The van der Waals surface area contributed by atoms with Crippen LogP contribution in [0.3, 0.4) is 0 Å². The highest BCUT2D eigenvalue weighted by Gasteiger charge is 2.44. The third-order valence-corrected chi connectivity index (χ3v) is 4.55. The van der Waals surface area contributed by atoms with E-state index in [1.807, 2.05) is 11.9 Å². The van der Waals surface area contributed by atoms with Crippen molar-refractivity contribution in [3.8, 4) is 0 Å². The zero-order valence-corrected chi connectivity index (χ0v) is 11.2. The van der Waals surface area contributed by atoms with Gasteiger partial charge in [-0.1, -0.05) is 0 Å². The first-order chi connectivity index (χ1) is 9.11. The van der Waals surface area contributed by atoms with Crippen molar-refractivity contribution >= 4 is 17.5 Å². The topological polar surface area (TPSA) is 75.4 Å². The van der Waals surface area contributed by atoms with Gasteiger partial charge in [0.05, 0.1) is 12.4 Å². The largest absolute Gasteiger partial charge is 0.382 e. The molecule has 1 spiro atoms. The van der Waals surface area contributed by atoms with Gasteiger partial charge < -0.3 is 15.5 Å². The first kappa shape index (κ1) is 12.2. The van der Waals surface area contributed by atoms with Crippen molar-refractivity contribution in [1.29, 1.82) is 0 Å². The molecule has 0 aromatic carbocycles. The van der Waals surface area contributed by atoms with Gasteiger partial charge in [-0.05, 0) is 19.3 Å². The number of rotatable bonds is 1. The maximum absolute atomic E-state index is 11.7. The van der Waals surface area contributed by atoms with Gasteiger partial charge in [0.1, 0.15) is 11.6 Å². The molecule has 0 bridgehead atoms. The van der Waals surface area contributed by atoms with E-state index < -0.39 is 0 Å². The van der Waals surface area contributed by atoms with Crippen LogP contribution in [0.25, 0.3) is 0 Å². The fourth-order valence-electron chi connectivity index (χ4n) is 3.20. The molecular formula is C13H19N5O. The summed E-state index contributed by atoms with van der Waals surface area (Å²) in [5.41, 5.74) is 5.74. The van der Waals surface area contributed by atoms with Crippen LogP contribution in [0.1, 0.15) is 25.7 Å². The molecule has 6 nitrogen and oxygen atoms in total. The summed E-state index contributed by atoms with van der Waals surface area (Å²) in [6, 6.07) is 0. The molecule has 2 saturated heterocycles. The molecule has 3 rings (SSSR count). The van der Waals surface area contributed by atoms with Gasteiger partial charge in [-0.2, -0.15) is 0 Å². The number of amides is 1. The third-order valence-electron chi connectivity index (χ3n) is 4.55. The van der Waals surface area contributed by atoms with Crippen molar-refractivity contribution in [3.63, 3.8) is 0 Å². The summed E-state index contributed by atoms with van der Waals surface area (Å²) in [4.78, 5) is 24.3. The number of nitrogens with two attached hydrogens (primary N) is 1. The van der Waals surface area contributed by atoms with Gasteiger partial charge >= 0.3 is 0 Å². The zero-order valence-electron chi connectivity index (χ0n) is 11.2.